The van der Waals surface area contributed by atoms with Gasteiger partial charge in [-0.25, -0.2) is 0 Å². The van der Waals surface area contributed by atoms with Crippen LogP contribution in [-0.2, 0) is 13.5 Å². The van der Waals surface area contributed by atoms with Crippen LogP contribution in [0.25, 0.3) is 0 Å². The molecule has 3 atom stereocenters. The topological polar surface area (TPSA) is 29.9 Å². The number of hydrogen-bond acceptors (Lipinski definition) is 2. The lowest BCUT2D eigenvalue weighted by Gasteiger charge is -2.29. The van der Waals surface area contributed by atoms with Crippen molar-refractivity contribution in [1.82, 2.24) is 15.1 Å². The predicted molar refractivity (Wildman–Crippen MR) is 70.9 cm³/mol. The second kappa shape index (κ2) is 5.21. The van der Waals surface area contributed by atoms with Crippen LogP contribution in [0.2, 0.25) is 0 Å². The summed E-state index contributed by atoms with van der Waals surface area (Å²) in [7, 11) is 2.05. The molecule has 96 valence electrons. The van der Waals surface area contributed by atoms with Crippen LogP contribution in [-0.4, -0.2) is 15.8 Å². The molecule has 0 fully saturated rings. The first kappa shape index (κ1) is 12.6. The first-order chi connectivity index (χ1) is 8.13. The Balaban J connectivity index is 2.08. The van der Waals surface area contributed by atoms with Crippen molar-refractivity contribution in [1.29, 1.82) is 0 Å². The Hall–Kier alpha value is -0.830. The van der Waals surface area contributed by atoms with Gasteiger partial charge in [0, 0.05) is 30.4 Å². The van der Waals surface area contributed by atoms with E-state index in [9.17, 15) is 0 Å². The lowest BCUT2D eigenvalue weighted by atomic mass is 9.91. The molecule has 17 heavy (non-hydrogen) atoms. The lowest BCUT2D eigenvalue weighted by molar-refractivity contribution is 0.329. The van der Waals surface area contributed by atoms with Gasteiger partial charge in [0.05, 0.1) is 6.20 Å². The van der Waals surface area contributed by atoms with Crippen LogP contribution in [0.4, 0.5) is 0 Å². The number of rotatable bonds is 4. The largest absolute Gasteiger partial charge is 0.307 e. The fourth-order valence-electron chi connectivity index (χ4n) is 2.71. The van der Waals surface area contributed by atoms with Crippen molar-refractivity contribution < 1.29 is 0 Å². The molecular weight excluding hydrogens is 210 g/mol. The third-order valence-corrected chi connectivity index (χ3v) is 4.34. The number of aromatic nitrogens is 2. The maximum atomic E-state index is 4.40. The summed E-state index contributed by atoms with van der Waals surface area (Å²) < 4.78 is 2.04. The number of nitrogens with zero attached hydrogens (tertiary/aromatic N) is 2. The number of fused-ring (bicyclic) bond motifs is 1. The van der Waals surface area contributed by atoms with E-state index in [0.29, 0.717) is 12.1 Å². The van der Waals surface area contributed by atoms with Crippen LogP contribution in [0.3, 0.4) is 0 Å². The van der Waals surface area contributed by atoms with Crippen molar-refractivity contribution in [2.45, 2.75) is 58.5 Å². The minimum Gasteiger partial charge on any atom is -0.307 e. The van der Waals surface area contributed by atoms with E-state index in [0.717, 1.165) is 5.92 Å². The summed E-state index contributed by atoms with van der Waals surface area (Å²) >= 11 is 0. The normalized spacial score (nSPS) is 23.2. The summed E-state index contributed by atoms with van der Waals surface area (Å²) in [5, 5.41) is 8.18. The van der Waals surface area contributed by atoms with Gasteiger partial charge in [-0.1, -0.05) is 20.3 Å². The Labute approximate surface area is 105 Å². The van der Waals surface area contributed by atoms with E-state index < -0.39 is 0 Å². The van der Waals surface area contributed by atoms with E-state index in [-0.39, 0.29) is 0 Å². The fourth-order valence-corrected chi connectivity index (χ4v) is 2.71. The minimum atomic E-state index is 0.511. The highest BCUT2D eigenvalue weighted by atomic mass is 15.3. The molecule has 2 rings (SSSR count). The summed E-state index contributed by atoms with van der Waals surface area (Å²) in [5.74, 6) is 0.733. The van der Waals surface area contributed by atoms with Gasteiger partial charge in [0.15, 0.2) is 0 Å². The van der Waals surface area contributed by atoms with E-state index in [1.165, 1.54) is 36.9 Å². The summed E-state index contributed by atoms with van der Waals surface area (Å²) in [6, 6.07) is 1.09. The summed E-state index contributed by atoms with van der Waals surface area (Å²) in [5.41, 5.74) is 2.85. The molecular formula is C14H25N3. The van der Waals surface area contributed by atoms with Gasteiger partial charge in [0.2, 0.25) is 0 Å². The van der Waals surface area contributed by atoms with Crippen molar-refractivity contribution in [3.63, 3.8) is 0 Å². The molecule has 0 aromatic carbocycles. The zero-order valence-corrected chi connectivity index (χ0v) is 11.5. The Morgan fingerprint density at radius 1 is 1.53 bits per heavy atom. The third kappa shape index (κ3) is 2.54. The molecule has 0 aliphatic heterocycles. The Morgan fingerprint density at radius 2 is 2.29 bits per heavy atom. The van der Waals surface area contributed by atoms with Crippen LogP contribution >= 0.6 is 0 Å². The molecule has 1 N–H and O–H groups in total. The predicted octanol–water partition coefficient (Wildman–Crippen LogP) is 2.82. The molecule has 3 heteroatoms. The van der Waals surface area contributed by atoms with Gasteiger partial charge < -0.3 is 5.32 Å². The SMILES string of the molecule is CCC(C)C(C)NC1CCCc2c1cnn2C. The van der Waals surface area contributed by atoms with Gasteiger partial charge in [-0.2, -0.15) is 5.10 Å². The number of aryl methyl sites for hydroxylation is 1. The zero-order valence-electron chi connectivity index (χ0n) is 11.5. The Bertz CT molecular complexity index is 370. The molecule has 1 aliphatic rings. The molecule has 1 aliphatic carbocycles. The molecule has 1 aromatic rings. The fraction of sp³-hybridized carbons (Fsp3) is 0.786. The second-order valence-electron chi connectivity index (χ2n) is 5.46. The maximum absolute atomic E-state index is 4.40. The third-order valence-electron chi connectivity index (χ3n) is 4.34. The van der Waals surface area contributed by atoms with Crippen LogP contribution in [0.5, 0.6) is 0 Å². The minimum absolute atomic E-state index is 0.511. The summed E-state index contributed by atoms with van der Waals surface area (Å²) in [6.45, 7) is 6.89. The smallest absolute Gasteiger partial charge is 0.0540 e. The summed E-state index contributed by atoms with van der Waals surface area (Å²) in [4.78, 5) is 0. The summed E-state index contributed by atoms with van der Waals surface area (Å²) in [6.07, 6.45) is 6.99. The van der Waals surface area contributed by atoms with Crippen molar-refractivity contribution in [2.75, 3.05) is 0 Å². The molecule has 0 radical (unpaired) electrons. The Morgan fingerprint density at radius 3 is 3.00 bits per heavy atom. The van der Waals surface area contributed by atoms with Crippen molar-refractivity contribution in [3.05, 3.63) is 17.5 Å². The van der Waals surface area contributed by atoms with Crippen molar-refractivity contribution >= 4 is 0 Å². The van der Waals surface area contributed by atoms with E-state index in [1.54, 1.807) is 0 Å². The van der Waals surface area contributed by atoms with Gasteiger partial charge in [-0.05, 0) is 32.1 Å². The highest BCUT2D eigenvalue weighted by molar-refractivity contribution is 5.24. The zero-order chi connectivity index (χ0) is 12.4. The molecule has 1 heterocycles. The van der Waals surface area contributed by atoms with E-state index in [2.05, 4.69) is 44.4 Å². The molecule has 0 spiro atoms. The van der Waals surface area contributed by atoms with Crippen LogP contribution in [0.1, 0.15) is 57.3 Å². The van der Waals surface area contributed by atoms with Gasteiger partial charge in [-0.15, -0.1) is 0 Å². The molecule has 3 nitrogen and oxygen atoms in total. The molecule has 0 saturated heterocycles. The average molecular weight is 235 g/mol. The first-order valence-electron chi connectivity index (χ1n) is 6.90. The van der Waals surface area contributed by atoms with E-state index in [4.69, 9.17) is 0 Å². The molecule has 0 bridgehead atoms. The molecule has 0 amide bonds. The number of nitrogens with one attached hydrogen (secondary N) is 1. The molecule has 0 saturated carbocycles. The van der Waals surface area contributed by atoms with Gasteiger partial charge in [0.1, 0.15) is 0 Å². The standard InChI is InChI=1S/C14H25N3/c1-5-10(2)11(3)16-13-7-6-8-14-12(13)9-15-17(14)4/h9-11,13,16H,5-8H2,1-4H3. The first-order valence-corrected chi connectivity index (χ1v) is 6.90. The second-order valence-corrected chi connectivity index (χ2v) is 5.46. The average Bonchev–Trinajstić information content (AvgIpc) is 2.71. The van der Waals surface area contributed by atoms with E-state index >= 15 is 0 Å². The van der Waals surface area contributed by atoms with E-state index in [1.807, 2.05) is 4.68 Å². The lowest BCUT2D eigenvalue weighted by Crippen LogP contribution is -2.36. The highest BCUT2D eigenvalue weighted by Gasteiger charge is 2.25. The molecule has 1 aromatic heterocycles. The van der Waals surface area contributed by atoms with Crippen LogP contribution < -0.4 is 5.32 Å². The van der Waals surface area contributed by atoms with Crippen molar-refractivity contribution in [3.8, 4) is 0 Å². The number of hydrogen-bond donors (Lipinski definition) is 1. The van der Waals surface area contributed by atoms with Crippen LogP contribution in [0, 0.1) is 5.92 Å². The van der Waals surface area contributed by atoms with Gasteiger partial charge >= 0.3 is 0 Å². The molecule has 3 unspecified atom stereocenters. The highest BCUT2D eigenvalue weighted by Crippen LogP contribution is 2.30. The quantitative estimate of drug-likeness (QED) is 0.869. The van der Waals surface area contributed by atoms with Gasteiger partial charge in [-0.3, -0.25) is 4.68 Å². The van der Waals surface area contributed by atoms with Crippen molar-refractivity contribution in [2.24, 2.45) is 13.0 Å². The van der Waals surface area contributed by atoms with Crippen LogP contribution in [0.15, 0.2) is 6.20 Å². The monoisotopic (exact) mass is 235 g/mol. The Kier molecular flexibility index (Phi) is 3.87. The van der Waals surface area contributed by atoms with Gasteiger partial charge in [0.25, 0.3) is 0 Å². The maximum Gasteiger partial charge on any atom is 0.0540 e.